The van der Waals surface area contributed by atoms with Crippen LogP contribution in [-0.2, 0) is 4.79 Å². The monoisotopic (exact) mass is 279 g/mol. The minimum atomic E-state index is -0.546. The van der Waals surface area contributed by atoms with Gasteiger partial charge in [0.2, 0.25) is 5.91 Å². The number of carbonyl (C=O) groups excluding carboxylic acids is 2. The second-order valence-electron chi connectivity index (χ2n) is 5.04. The van der Waals surface area contributed by atoms with Crippen molar-refractivity contribution in [3.8, 4) is 5.75 Å². The average molecular weight is 279 g/mol. The number of rotatable bonds is 6. The van der Waals surface area contributed by atoms with Crippen LogP contribution in [0.15, 0.2) is 18.2 Å². The number of ether oxygens (including phenoxy) is 1. The normalized spacial score (nSPS) is 10.4. The van der Waals surface area contributed by atoms with Crippen LogP contribution in [0.1, 0.15) is 24.2 Å². The van der Waals surface area contributed by atoms with Crippen LogP contribution in [0.25, 0.3) is 0 Å². The number of carbonyl (C=O) groups is 2. The van der Waals surface area contributed by atoms with Gasteiger partial charge in [-0.25, -0.2) is 0 Å². The first-order chi connectivity index (χ1) is 9.33. The quantitative estimate of drug-likeness (QED) is 0.754. The molecule has 4 N–H and O–H groups in total. The molecule has 0 aliphatic carbocycles. The molecular weight excluding hydrogens is 258 g/mol. The summed E-state index contributed by atoms with van der Waals surface area (Å²) >= 11 is 0. The highest BCUT2D eigenvalue weighted by Crippen LogP contribution is 2.20. The number of benzene rings is 1. The van der Waals surface area contributed by atoms with E-state index in [2.05, 4.69) is 0 Å². The van der Waals surface area contributed by atoms with Crippen LogP contribution in [0, 0.1) is 5.92 Å². The van der Waals surface area contributed by atoms with Crippen molar-refractivity contribution in [1.82, 2.24) is 4.90 Å². The predicted octanol–water partition coefficient (Wildman–Crippen LogP) is 0.861. The zero-order valence-corrected chi connectivity index (χ0v) is 12.1. The summed E-state index contributed by atoms with van der Waals surface area (Å²) in [4.78, 5) is 25.0. The summed E-state index contributed by atoms with van der Waals surface area (Å²) in [5, 5.41) is 0. The van der Waals surface area contributed by atoms with Gasteiger partial charge in [0.05, 0.1) is 13.7 Å². The van der Waals surface area contributed by atoms with Crippen LogP contribution in [-0.4, -0.2) is 36.9 Å². The molecule has 1 aromatic rings. The summed E-state index contributed by atoms with van der Waals surface area (Å²) in [5.41, 5.74) is 11.7. The zero-order chi connectivity index (χ0) is 15.3. The predicted molar refractivity (Wildman–Crippen MR) is 77.3 cm³/mol. The molecule has 0 aliphatic heterocycles. The minimum Gasteiger partial charge on any atom is -0.497 e. The van der Waals surface area contributed by atoms with Gasteiger partial charge in [-0.2, -0.15) is 0 Å². The number of hydrogen-bond donors (Lipinski definition) is 2. The SMILES string of the molecule is COc1cc(N)cc(C(=O)N(CC(N)=O)CC(C)C)c1. The lowest BCUT2D eigenvalue weighted by Gasteiger charge is -2.23. The number of anilines is 1. The first-order valence-electron chi connectivity index (χ1n) is 6.35. The van der Waals surface area contributed by atoms with Gasteiger partial charge in [-0.15, -0.1) is 0 Å². The Balaban J connectivity index is 3.04. The van der Waals surface area contributed by atoms with E-state index >= 15 is 0 Å². The van der Waals surface area contributed by atoms with Crippen LogP contribution < -0.4 is 16.2 Å². The maximum atomic E-state index is 12.4. The molecule has 0 saturated heterocycles. The van der Waals surface area contributed by atoms with Gasteiger partial charge in [-0.1, -0.05) is 13.8 Å². The molecule has 0 radical (unpaired) electrons. The van der Waals surface area contributed by atoms with Crippen molar-refractivity contribution in [2.45, 2.75) is 13.8 Å². The van der Waals surface area contributed by atoms with E-state index in [1.807, 2.05) is 13.8 Å². The number of nitrogens with two attached hydrogens (primary N) is 2. The first kappa shape index (κ1) is 15.8. The number of nitrogens with zero attached hydrogens (tertiary/aromatic N) is 1. The van der Waals surface area contributed by atoms with E-state index in [4.69, 9.17) is 16.2 Å². The Morgan fingerprint density at radius 1 is 1.30 bits per heavy atom. The van der Waals surface area contributed by atoms with E-state index in [9.17, 15) is 9.59 Å². The molecule has 0 atom stereocenters. The topological polar surface area (TPSA) is 98.7 Å². The lowest BCUT2D eigenvalue weighted by atomic mass is 10.1. The maximum Gasteiger partial charge on any atom is 0.254 e. The molecule has 110 valence electrons. The molecule has 0 unspecified atom stereocenters. The van der Waals surface area contributed by atoms with E-state index in [1.165, 1.54) is 12.0 Å². The summed E-state index contributed by atoms with van der Waals surface area (Å²) in [6.07, 6.45) is 0. The number of amides is 2. The highest BCUT2D eigenvalue weighted by molar-refractivity contribution is 5.97. The average Bonchev–Trinajstić information content (AvgIpc) is 2.35. The third-order valence-corrected chi connectivity index (χ3v) is 2.63. The van der Waals surface area contributed by atoms with Crippen molar-refractivity contribution in [3.05, 3.63) is 23.8 Å². The van der Waals surface area contributed by atoms with Gasteiger partial charge in [-0.05, 0) is 18.1 Å². The van der Waals surface area contributed by atoms with E-state index in [-0.39, 0.29) is 18.4 Å². The van der Waals surface area contributed by atoms with Crippen molar-refractivity contribution in [2.75, 3.05) is 25.9 Å². The Kier molecular flexibility index (Phi) is 5.37. The molecule has 0 fully saturated rings. The number of primary amides is 1. The smallest absolute Gasteiger partial charge is 0.254 e. The van der Waals surface area contributed by atoms with Gasteiger partial charge in [-0.3, -0.25) is 9.59 Å². The Morgan fingerprint density at radius 3 is 2.45 bits per heavy atom. The summed E-state index contributed by atoms with van der Waals surface area (Å²) in [6, 6.07) is 4.77. The van der Waals surface area contributed by atoms with Gasteiger partial charge in [0.25, 0.3) is 5.91 Å². The molecule has 0 aromatic heterocycles. The number of nitrogen functional groups attached to an aromatic ring is 1. The lowest BCUT2D eigenvalue weighted by molar-refractivity contribution is -0.118. The number of methoxy groups -OCH3 is 1. The molecule has 0 bridgehead atoms. The fraction of sp³-hybridized carbons (Fsp3) is 0.429. The third-order valence-electron chi connectivity index (χ3n) is 2.63. The van der Waals surface area contributed by atoms with E-state index in [1.54, 1.807) is 18.2 Å². The van der Waals surface area contributed by atoms with Gasteiger partial charge >= 0.3 is 0 Å². The van der Waals surface area contributed by atoms with Crippen molar-refractivity contribution in [2.24, 2.45) is 11.7 Å². The van der Waals surface area contributed by atoms with E-state index in [0.29, 0.717) is 23.5 Å². The molecule has 0 aliphatic rings. The van der Waals surface area contributed by atoms with Crippen molar-refractivity contribution in [3.63, 3.8) is 0 Å². The molecule has 1 aromatic carbocycles. The lowest BCUT2D eigenvalue weighted by Crippen LogP contribution is -2.40. The molecule has 0 saturated carbocycles. The molecule has 20 heavy (non-hydrogen) atoms. The van der Waals surface area contributed by atoms with Crippen LogP contribution in [0.3, 0.4) is 0 Å². The van der Waals surface area contributed by atoms with Crippen molar-refractivity contribution < 1.29 is 14.3 Å². The Labute approximate surface area is 118 Å². The molecular formula is C14H21N3O3. The molecule has 2 amide bonds. The first-order valence-corrected chi connectivity index (χ1v) is 6.35. The van der Waals surface area contributed by atoms with Crippen LogP contribution in [0.2, 0.25) is 0 Å². The van der Waals surface area contributed by atoms with Crippen LogP contribution >= 0.6 is 0 Å². The van der Waals surface area contributed by atoms with Crippen molar-refractivity contribution in [1.29, 1.82) is 0 Å². The Bertz CT molecular complexity index is 500. The molecule has 6 heteroatoms. The molecule has 0 heterocycles. The van der Waals surface area contributed by atoms with Crippen molar-refractivity contribution >= 4 is 17.5 Å². The second kappa shape index (κ2) is 6.79. The van der Waals surface area contributed by atoms with Gasteiger partial charge in [0.15, 0.2) is 0 Å². The largest absolute Gasteiger partial charge is 0.497 e. The maximum absolute atomic E-state index is 12.4. The van der Waals surface area contributed by atoms with Crippen LogP contribution in [0.5, 0.6) is 5.75 Å². The summed E-state index contributed by atoms with van der Waals surface area (Å²) < 4.78 is 5.09. The minimum absolute atomic E-state index is 0.117. The second-order valence-corrected chi connectivity index (χ2v) is 5.04. The summed E-state index contributed by atoms with van der Waals surface area (Å²) in [7, 11) is 1.50. The van der Waals surface area contributed by atoms with E-state index in [0.717, 1.165) is 0 Å². The standard InChI is InChI=1S/C14H21N3O3/c1-9(2)7-17(8-13(16)18)14(19)10-4-11(15)6-12(5-10)20-3/h4-6,9H,7-8,15H2,1-3H3,(H2,16,18). The highest BCUT2D eigenvalue weighted by Gasteiger charge is 2.19. The summed E-state index contributed by atoms with van der Waals surface area (Å²) in [6.45, 7) is 4.25. The van der Waals surface area contributed by atoms with Gasteiger partial charge in [0, 0.05) is 23.9 Å². The third kappa shape index (κ3) is 4.46. The Hall–Kier alpha value is -2.24. The highest BCUT2D eigenvalue weighted by atomic mass is 16.5. The molecule has 6 nitrogen and oxygen atoms in total. The van der Waals surface area contributed by atoms with Crippen LogP contribution in [0.4, 0.5) is 5.69 Å². The fourth-order valence-electron chi connectivity index (χ4n) is 1.89. The zero-order valence-electron chi connectivity index (χ0n) is 12.1. The number of hydrogen-bond acceptors (Lipinski definition) is 4. The van der Waals surface area contributed by atoms with E-state index < -0.39 is 5.91 Å². The summed E-state index contributed by atoms with van der Waals surface area (Å²) in [5.74, 6) is -0.115. The Morgan fingerprint density at radius 2 is 1.95 bits per heavy atom. The fourth-order valence-corrected chi connectivity index (χ4v) is 1.89. The molecule has 1 rings (SSSR count). The molecule has 0 spiro atoms. The van der Waals surface area contributed by atoms with Gasteiger partial charge in [0.1, 0.15) is 5.75 Å². The van der Waals surface area contributed by atoms with Gasteiger partial charge < -0.3 is 21.1 Å².